The lowest BCUT2D eigenvalue weighted by Crippen LogP contribution is -2.42. The Labute approximate surface area is 149 Å². The Morgan fingerprint density at radius 1 is 1.04 bits per heavy atom. The second kappa shape index (κ2) is 9.08. The van der Waals surface area contributed by atoms with E-state index in [1.165, 1.54) is 0 Å². The van der Waals surface area contributed by atoms with Crippen LogP contribution in [0.4, 0.5) is 0 Å². The van der Waals surface area contributed by atoms with Crippen LogP contribution in [0.5, 0.6) is 11.5 Å². The van der Waals surface area contributed by atoms with Crippen LogP contribution in [-0.2, 0) is 17.9 Å². The molecule has 5 heteroatoms. The average molecular weight is 342 g/mol. The van der Waals surface area contributed by atoms with E-state index in [4.69, 9.17) is 9.47 Å². The van der Waals surface area contributed by atoms with Crippen molar-refractivity contribution < 1.29 is 14.3 Å². The third-order valence-corrected chi connectivity index (χ3v) is 4.23. The molecule has 1 amide bonds. The number of hydrogen-bond acceptors (Lipinski definition) is 4. The zero-order valence-electron chi connectivity index (χ0n) is 15.3. The third kappa shape index (κ3) is 5.50. The maximum Gasteiger partial charge on any atom is 0.237 e. The summed E-state index contributed by atoms with van der Waals surface area (Å²) in [5.74, 6) is 1.63. The summed E-state index contributed by atoms with van der Waals surface area (Å²) in [5.41, 5.74) is 2.15. The summed E-state index contributed by atoms with van der Waals surface area (Å²) in [6.45, 7) is 3.08. The van der Waals surface area contributed by atoms with Gasteiger partial charge in [0, 0.05) is 13.1 Å². The molecule has 134 valence electrons. The summed E-state index contributed by atoms with van der Waals surface area (Å²) in [6.07, 6.45) is 0. The quantitative estimate of drug-likeness (QED) is 0.801. The van der Waals surface area contributed by atoms with Gasteiger partial charge in [0.1, 0.15) is 11.5 Å². The lowest BCUT2D eigenvalue weighted by atomic mass is 10.1. The first-order valence-corrected chi connectivity index (χ1v) is 8.27. The van der Waals surface area contributed by atoms with Gasteiger partial charge in [0.05, 0.1) is 20.3 Å². The van der Waals surface area contributed by atoms with Crippen LogP contribution in [0.25, 0.3) is 0 Å². The molecule has 2 aromatic rings. The topological polar surface area (TPSA) is 50.8 Å². The van der Waals surface area contributed by atoms with E-state index < -0.39 is 0 Å². The Morgan fingerprint density at radius 2 is 1.72 bits per heavy atom. The molecule has 0 saturated carbocycles. The van der Waals surface area contributed by atoms with Gasteiger partial charge in [-0.05, 0) is 49.4 Å². The van der Waals surface area contributed by atoms with E-state index in [2.05, 4.69) is 5.32 Å². The van der Waals surface area contributed by atoms with Crippen LogP contribution < -0.4 is 14.8 Å². The first-order valence-electron chi connectivity index (χ1n) is 8.27. The number of hydrogen-bond donors (Lipinski definition) is 1. The van der Waals surface area contributed by atoms with Crippen LogP contribution in [-0.4, -0.2) is 38.1 Å². The SMILES string of the molecule is COc1ccc(CNC(=O)[C@@H](C)N(C)Cc2cccc(OC)c2)cc1. The highest BCUT2D eigenvalue weighted by atomic mass is 16.5. The average Bonchev–Trinajstić information content (AvgIpc) is 2.65. The Kier molecular flexibility index (Phi) is 6.83. The summed E-state index contributed by atoms with van der Waals surface area (Å²) < 4.78 is 10.4. The third-order valence-electron chi connectivity index (χ3n) is 4.23. The van der Waals surface area contributed by atoms with Crippen molar-refractivity contribution in [3.63, 3.8) is 0 Å². The molecular formula is C20H26N2O3. The van der Waals surface area contributed by atoms with Gasteiger partial charge in [0.2, 0.25) is 5.91 Å². The molecule has 0 aromatic heterocycles. The van der Waals surface area contributed by atoms with Gasteiger partial charge in [0.15, 0.2) is 0 Å². The molecule has 0 heterocycles. The molecule has 0 radical (unpaired) electrons. The highest BCUT2D eigenvalue weighted by molar-refractivity contribution is 5.81. The number of methoxy groups -OCH3 is 2. The number of rotatable bonds is 8. The molecule has 25 heavy (non-hydrogen) atoms. The second-order valence-electron chi connectivity index (χ2n) is 6.01. The summed E-state index contributed by atoms with van der Waals surface area (Å²) in [5, 5.41) is 2.98. The van der Waals surface area contributed by atoms with Crippen molar-refractivity contribution in [1.29, 1.82) is 0 Å². The maximum atomic E-state index is 12.4. The van der Waals surface area contributed by atoms with E-state index >= 15 is 0 Å². The van der Waals surface area contributed by atoms with Crippen LogP contribution in [0, 0.1) is 0 Å². The van der Waals surface area contributed by atoms with Crippen LogP contribution in [0.2, 0.25) is 0 Å². The predicted octanol–water partition coefficient (Wildman–Crippen LogP) is 2.84. The lowest BCUT2D eigenvalue weighted by Gasteiger charge is -2.24. The van der Waals surface area contributed by atoms with Crippen molar-refractivity contribution in [2.24, 2.45) is 0 Å². The Morgan fingerprint density at radius 3 is 2.36 bits per heavy atom. The number of nitrogens with one attached hydrogen (secondary N) is 1. The fourth-order valence-electron chi connectivity index (χ4n) is 2.48. The van der Waals surface area contributed by atoms with E-state index in [1.807, 2.05) is 67.4 Å². The second-order valence-corrected chi connectivity index (χ2v) is 6.01. The smallest absolute Gasteiger partial charge is 0.237 e. The van der Waals surface area contributed by atoms with Crippen molar-refractivity contribution in [2.45, 2.75) is 26.1 Å². The number of likely N-dealkylation sites (N-methyl/N-ethyl adjacent to an activating group) is 1. The van der Waals surface area contributed by atoms with Gasteiger partial charge < -0.3 is 14.8 Å². The molecule has 2 rings (SSSR count). The minimum atomic E-state index is -0.232. The molecule has 0 bridgehead atoms. The molecule has 5 nitrogen and oxygen atoms in total. The highest BCUT2D eigenvalue weighted by Crippen LogP contribution is 2.15. The minimum absolute atomic E-state index is 0.00112. The monoisotopic (exact) mass is 342 g/mol. The zero-order valence-corrected chi connectivity index (χ0v) is 15.3. The Balaban J connectivity index is 1.87. The first-order chi connectivity index (χ1) is 12.0. The minimum Gasteiger partial charge on any atom is -0.497 e. The van der Waals surface area contributed by atoms with Gasteiger partial charge in [-0.2, -0.15) is 0 Å². The molecule has 0 aliphatic carbocycles. The summed E-state index contributed by atoms with van der Waals surface area (Å²) in [4.78, 5) is 14.4. The van der Waals surface area contributed by atoms with Gasteiger partial charge in [0.25, 0.3) is 0 Å². The number of amides is 1. The fraction of sp³-hybridized carbons (Fsp3) is 0.350. The summed E-state index contributed by atoms with van der Waals surface area (Å²) in [7, 11) is 5.23. The van der Waals surface area contributed by atoms with Crippen LogP contribution in [0.1, 0.15) is 18.1 Å². The number of ether oxygens (including phenoxy) is 2. The van der Waals surface area contributed by atoms with Gasteiger partial charge in [-0.25, -0.2) is 0 Å². The van der Waals surface area contributed by atoms with E-state index in [9.17, 15) is 4.79 Å². The zero-order chi connectivity index (χ0) is 18.2. The van der Waals surface area contributed by atoms with E-state index in [0.717, 1.165) is 22.6 Å². The maximum absolute atomic E-state index is 12.4. The standard InChI is InChI=1S/C20H26N2O3/c1-15(22(2)14-17-6-5-7-19(12-17)25-4)20(23)21-13-16-8-10-18(24-3)11-9-16/h5-12,15H,13-14H2,1-4H3,(H,21,23)/t15-/m1/s1. The molecule has 2 aromatic carbocycles. The van der Waals surface area contributed by atoms with E-state index in [1.54, 1.807) is 14.2 Å². The van der Waals surface area contributed by atoms with Gasteiger partial charge >= 0.3 is 0 Å². The van der Waals surface area contributed by atoms with Crippen LogP contribution >= 0.6 is 0 Å². The molecule has 0 fully saturated rings. The van der Waals surface area contributed by atoms with Gasteiger partial charge in [-0.15, -0.1) is 0 Å². The van der Waals surface area contributed by atoms with E-state index in [0.29, 0.717) is 13.1 Å². The normalized spacial score (nSPS) is 11.9. The predicted molar refractivity (Wildman–Crippen MR) is 98.8 cm³/mol. The van der Waals surface area contributed by atoms with Crippen molar-refractivity contribution in [1.82, 2.24) is 10.2 Å². The molecule has 0 aliphatic rings. The highest BCUT2D eigenvalue weighted by Gasteiger charge is 2.18. The van der Waals surface area contributed by atoms with Crippen LogP contribution in [0.15, 0.2) is 48.5 Å². The summed E-state index contributed by atoms with van der Waals surface area (Å²) in [6, 6.07) is 15.3. The molecule has 1 N–H and O–H groups in total. The van der Waals surface area contributed by atoms with Crippen molar-refractivity contribution >= 4 is 5.91 Å². The summed E-state index contributed by atoms with van der Waals surface area (Å²) >= 11 is 0. The molecule has 0 saturated heterocycles. The van der Waals surface area contributed by atoms with Crippen molar-refractivity contribution in [3.8, 4) is 11.5 Å². The number of nitrogens with zero attached hydrogens (tertiary/aromatic N) is 1. The number of benzene rings is 2. The number of carbonyl (C=O) groups is 1. The van der Waals surface area contributed by atoms with Gasteiger partial charge in [-0.1, -0.05) is 24.3 Å². The Bertz CT molecular complexity index is 686. The molecular weight excluding hydrogens is 316 g/mol. The lowest BCUT2D eigenvalue weighted by molar-refractivity contribution is -0.125. The van der Waals surface area contributed by atoms with Crippen molar-refractivity contribution in [2.75, 3.05) is 21.3 Å². The Hall–Kier alpha value is -2.53. The first kappa shape index (κ1) is 18.8. The van der Waals surface area contributed by atoms with Gasteiger partial charge in [-0.3, -0.25) is 9.69 Å². The van der Waals surface area contributed by atoms with Crippen molar-refractivity contribution in [3.05, 3.63) is 59.7 Å². The molecule has 1 atom stereocenters. The fourth-order valence-corrected chi connectivity index (χ4v) is 2.48. The molecule has 0 unspecified atom stereocenters. The van der Waals surface area contributed by atoms with E-state index in [-0.39, 0.29) is 11.9 Å². The largest absolute Gasteiger partial charge is 0.497 e. The van der Waals surface area contributed by atoms with Crippen LogP contribution in [0.3, 0.4) is 0 Å². The number of carbonyl (C=O) groups excluding carboxylic acids is 1. The molecule has 0 spiro atoms. The molecule has 0 aliphatic heterocycles.